The van der Waals surface area contributed by atoms with E-state index in [1.807, 2.05) is 54.6 Å². The molecule has 0 N–H and O–H groups in total. The van der Waals surface area contributed by atoms with Crippen molar-refractivity contribution in [2.24, 2.45) is 5.92 Å². The van der Waals surface area contributed by atoms with Crippen LogP contribution in [0.3, 0.4) is 0 Å². The maximum absolute atomic E-state index is 12.5. The van der Waals surface area contributed by atoms with Gasteiger partial charge >= 0.3 is 5.76 Å². The highest BCUT2D eigenvalue weighted by Gasteiger charge is 2.47. The molecule has 2 aromatic carbocycles. The summed E-state index contributed by atoms with van der Waals surface area (Å²) in [6.45, 7) is 0.644. The maximum atomic E-state index is 12.5. The average molecular weight is 394 g/mol. The van der Waals surface area contributed by atoms with Crippen LogP contribution in [0.2, 0.25) is 0 Å². The summed E-state index contributed by atoms with van der Waals surface area (Å²) in [5.41, 5.74) is 1.76. The Balaban J connectivity index is 1.63. The molecule has 5 rings (SSSR count). The second-order valence-electron chi connectivity index (χ2n) is 7.47. The summed E-state index contributed by atoms with van der Waals surface area (Å²) >= 11 is 1.60. The Kier molecular flexibility index (Phi) is 4.61. The van der Waals surface area contributed by atoms with Crippen molar-refractivity contribution in [1.82, 2.24) is 9.72 Å². The van der Waals surface area contributed by atoms with Crippen LogP contribution < -0.4 is 5.76 Å². The fourth-order valence-electron chi connectivity index (χ4n) is 4.21. The normalized spacial score (nSPS) is 21.9. The molecule has 1 aliphatic heterocycles. The number of aromatic nitrogens is 2. The van der Waals surface area contributed by atoms with Crippen molar-refractivity contribution >= 4 is 11.8 Å². The van der Waals surface area contributed by atoms with Crippen LogP contribution in [0.15, 0.2) is 68.8 Å². The van der Waals surface area contributed by atoms with Crippen molar-refractivity contribution in [1.29, 1.82) is 0 Å². The molecule has 3 aromatic rings. The van der Waals surface area contributed by atoms with Gasteiger partial charge in [-0.1, -0.05) is 78.6 Å². The minimum Gasteiger partial charge on any atom is -0.352 e. The molecule has 1 aliphatic carbocycles. The summed E-state index contributed by atoms with van der Waals surface area (Å²) in [6.07, 6.45) is 6.22. The molecule has 2 heterocycles. The standard InChI is InChI=1S/C22H22N2O3S/c25-21-24-18-13-7-8-14-19(18)28-22(20(24)23-27-21,17-11-5-2-6-12-17)26-15-16-9-3-1-4-10-16/h2,5-8,11-14,16H,1,3-4,9-10,15H2. The molecule has 5 nitrogen and oxygen atoms in total. The average Bonchev–Trinajstić information content (AvgIpc) is 3.16. The molecule has 6 heteroatoms. The maximum Gasteiger partial charge on any atom is 0.446 e. The second-order valence-corrected chi connectivity index (χ2v) is 8.69. The van der Waals surface area contributed by atoms with E-state index in [-0.39, 0.29) is 0 Å². The van der Waals surface area contributed by atoms with Crippen LogP contribution in [0.1, 0.15) is 43.5 Å². The van der Waals surface area contributed by atoms with Gasteiger partial charge < -0.3 is 4.74 Å². The van der Waals surface area contributed by atoms with Crippen LogP contribution in [-0.2, 0) is 9.67 Å². The Morgan fingerprint density at radius 1 is 1.07 bits per heavy atom. The summed E-state index contributed by atoms with van der Waals surface area (Å²) in [5.74, 6) is 0.562. The van der Waals surface area contributed by atoms with Crippen LogP contribution in [0.25, 0.3) is 5.69 Å². The summed E-state index contributed by atoms with van der Waals surface area (Å²) in [4.78, 5) is 12.6. The molecule has 0 amide bonds. The van der Waals surface area contributed by atoms with Crippen LogP contribution in [0.5, 0.6) is 0 Å². The lowest BCUT2D eigenvalue weighted by molar-refractivity contribution is 0.0108. The fraction of sp³-hybridized carbons (Fsp3) is 0.364. The van der Waals surface area contributed by atoms with E-state index in [0.29, 0.717) is 18.3 Å². The topological polar surface area (TPSA) is 57.3 Å². The largest absolute Gasteiger partial charge is 0.446 e. The highest BCUT2D eigenvalue weighted by atomic mass is 32.2. The number of rotatable bonds is 4. The Morgan fingerprint density at radius 3 is 2.64 bits per heavy atom. The Morgan fingerprint density at radius 2 is 1.82 bits per heavy atom. The smallest absolute Gasteiger partial charge is 0.352 e. The third kappa shape index (κ3) is 2.91. The SMILES string of the molecule is O=c1onc2n1-c1ccccc1SC2(OCC1CCCCC1)c1ccccc1. The van der Waals surface area contributed by atoms with Gasteiger partial charge in [0.15, 0.2) is 0 Å². The summed E-state index contributed by atoms with van der Waals surface area (Å²) in [6, 6.07) is 17.9. The minimum atomic E-state index is -0.904. The summed E-state index contributed by atoms with van der Waals surface area (Å²) in [7, 11) is 0. The number of ether oxygens (including phenoxy) is 1. The molecular formula is C22H22N2O3S. The van der Waals surface area contributed by atoms with E-state index in [2.05, 4.69) is 5.16 Å². The van der Waals surface area contributed by atoms with E-state index < -0.39 is 10.7 Å². The van der Waals surface area contributed by atoms with Crippen molar-refractivity contribution in [2.45, 2.75) is 41.9 Å². The number of thioether (sulfide) groups is 1. The number of benzene rings is 2. The van der Waals surface area contributed by atoms with E-state index in [9.17, 15) is 4.79 Å². The van der Waals surface area contributed by atoms with E-state index in [4.69, 9.17) is 9.26 Å². The molecule has 28 heavy (non-hydrogen) atoms. The van der Waals surface area contributed by atoms with Gasteiger partial charge in [-0.15, -0.1) is 0 Å². The first-order valence-electron chi connectivity index (χ1n) is 9.85. The van der Waals surface area contributed by atoms with Gasteiger partial charge in [0.1, 0.15) is 0 Å². The number of nitrogens with zero attached hydrogens (tertiary/aromatic N) is 2. The van der Waals surface area contributed by atoms with Crippen LogP contribution in [-0.4, -0.2) is 16.3 Å². The monoisotopic (exact) mass is 394 g/mol. The van der Waals surface area contributed by atoms with Gasteiger partial charge in [0.25, 0.3) is 0 Å². The molecule has 0 bridgehead atoms. The summed E-state index contributed by atoms with van der Waals surface area (Å²) < 4.78 is 13.3. The minimum absolute atomic E-state index is 0.482. The first-order chi connectivity index (χ1) is 13.8. The molecule has 2 aliphatic rings. The predicted octanol–water partition coefficient (Wildman–Crippen LogP) is 4.73. The molecule has 1 saturated carbocycles. The van der Waals surface area contributed by atoms with Gasteiger partial charge in [0, 0.05) is 10.5 Å². The highest BCUT2D eigenvalue weighted by molar-refractivity contribution is 8.00. The molecule has 0 spiro atoms. The van der Waals surface area contributed by atoms with Crippen LogP contribution in [0.4, 0.5) is 0 Å². The zero-order valence-electron chi connectivity index (χ0n) is 15.5. The molecule has 144 valence electrons. The predicted molar refractivity (Wildman–Crippen MR) is 108 cm³/mol. The van der Waals surface area contributed by atoms with Crippen molar-refractivity contribution < 1.29 is 9.26 Å². The molecule has 1 aromatic heterocycles. The summed E-state index contributed by atoms with van der Waals surface area (Å²) in [5, 5.41) is 4.18. The number of fused-ring (bicyclic) bond motifs is 3. The Labute approximate surface area is 167 Å². The number of hydrogen-bond donors (Lipinski definition) is 0. The van der Waals surface area contributed by atoms with E-state index in [1.54, 1.807) is 16.3 Å². The van der Waals surface area contributed by atoms with Gasteiger partial charge in [0.05, 0.1) is 12.3 Å². The van der Waals surface area contributed by atoms with Gasteiger partial charge in [-0.25, -0.2) is 9.36 Å². The second kappa shape index (κ2) is 7.26. The van der Waals surface area contributed by atoms with E-state index in [1.165, 1.54) is 32.1 Å². The lowest BCUT2D eigenvalue weighted by Gasteiger charge is -2.37. The molecule has 0 saturated heterocycles. The third-order valence-corrected chi connectivity index (χ3v) is 7.05. The zero-order valence-corrected chi connectivity index (χ0v) is 16.4. The first kappa shape index (κ1) is 17.8. The molecule has 1 atom stereocenters. The van der Waals surface area contributed by atoms with E-state index in [0.717, 1.165) is 16.1 Å². The quantitative estimate of drug-likeness (QED) is 0.640. The van der Waals surface area contributed by atoms with Gasteiger partial charge in [-0.3, -0.25) is 4.52 Å². The Bertz CT molecular complexity index is 1020. The molecule has 0 radical (unpaired) electrons. The van der Waals surface area contributed by atoms with E-state index >= 15 is 0 Å². The van der Waals surface area contributed by atoms with Gasteiger partial charge in [0.2, 0.25) is 10.8 Å². The van der Waals surface area contributed by atoms with Crippen molar-refractivity contribution in [3.8, 4) is 5.69 Å². The molecular weight excluding hydrogens is 372 g/mol. The van der Waals surface area contributed by atoms with Gasteiger partial charge in [-0.2, -0.15) is 0 Å². The Hall–Kier alpha value is -2.31. The molecule has 1 fully saturated rings. The van der Waals surface area contributed by atoms with Crippen LogP contribution in [0, 0.1) is 5.92 Å². The fourth-order valence-corrected chi connectivity index (χ4v) is 5.53. The molecule has 1 unspecified atom stereocenters. The highest BCUT2D eigenvalue weighted by Crippen LogP contribution is 2.52. The van der Waals surface area contributed by atoms with Crippen LogP contribution >= 0.6 is 11.8 Å². The first-order valence-corrected chi connectivity index (χ1v) is 10.7. The third-order valence-electron chi connectivity index (χ3n) is 5.66. The zero-order chi connectivity index (χ0) is 19.0. The lowest BCUT2D eigenvalue weighted by atomic mass is 9.90. The number of para-hydroxylation sites is 1. The van der Waals surface area contributed by atoms with Crippen molar-refractivity contribution in [3.05, 3.63) is 76.5 Å². The number of hydrogen-bond acceptors (Lipinski definition) is 5. The van der Waals surface area contributed by atoms with Crippen molar-refractivity contribution in [2.75, 3.05) is 6.61 Å². The van der Waals surface area contributed by atoms with Gasteiger partial charge in [-0.05, 0) is 30.9 Å². The van der Waals surface area contributed by atoms with Crippen molar-refractivity contribution in [3.63, 3.8) is 0 Å². The lowest BCUT2D eigenvalue weighted by Crippen LogP contribution is -2.37.